The third-order valence-corrected chi connectivity index (χ3v) is 5.17. The Balaban J connectivity index is 4.75. The van der Waals surface area contributed by atoms with Crippen LogP contribution >= 0.6 is 0 Å². The van der Waals surface area contributed by atoms with Gasteiger partial charge in [0.15, 0.2) is 5.41 Å². The van der Waals surface area contributed by atoms with Crippen LogP contribution in [0, 0.1) is 5.41 Å². The smallest absolute Gasteiger partial charge is 0.453 e. The minimum atomic E-state index is -5.55. The number of unbranched alkanes of at least 4 members (excludes halogenated alkanes) is 7. The number of esters is 2. The van der Waals surface area contributed by atoms with E-state index in [-0.39, 0.29) is 25.7 Å². The van der Waals surface area contributed by atoms with Crippen molar-refractivity contribution < 1.29 is 41.0 Å². The van der Waals surface area contributed by atoms with Gasteiger partial charge in [-0.25, -0.2) is 0 Å². The van der Waals surface area contributed by atoms with E-state index in [1.54, 1.807) is 0 Å². The van der Waals surface area contributed by atoms with E-state index in [0.717, 1.165) is 25.7 Å². The largest absolute Gasteiger partial charge is 0.468 e. The molecule has 0 heterocycles. The lowest BCUT2D eigenvalue weighted by molar-refractivity contribution is -0.284. The summed E-state index contributed by atoms with van der Waals surface area (Å²) < 4.78 is 72.0. The Labute approximate surface area is 175 Å². The van der Waals surface area contributed by atoms with Crippen LogP contribution in [0.4, 0.5) is 22.0 Å². The molecule has 0 N–H and O–H groups in total. The van der Waals surface area contributed by atoms with E-state index in [2.05, 4.69) is 6.58 Å². The van der Waals surface area contributed by atoms with Crippen LogP contribution in [0.3, 0.4) is 0 Å². The van der Waals surface area contributed by atoms with Crippen molar-refractivity contribution in [1.82, 2.24) is 0 Å². The summed E-state index contributed by atoms with van der Waals surface area (Å²) in [5.74, 6) is -6.14. The summed E-state index contributed by atoms with van der Waals surface area (Å²) in [7, 11) is 2.34. The second-order valence-electron chi connectivity index (χ2n) is 7.42. The number of carbonyl (C=O) groups is 2. The standard InChI is InChI=1S/C21H33F5O4/c1-4-5-6-7-8-11-14-19(17(27)29-2,18(28)30-3)15-12-9-10-13-16-20(22,23)21(24,25)26/h4H,1,5-16H2,2-3H3. The number of allylic oxidation sites excluding steroid dienone is 1. The first kappa shape index (κ1) is 28.3. The molecule has 0 spiro atoms. The van der Waals surface area contributed by atoms with Crippen molar-refractivity contribution in [3.63, 3.8) is 0 Å². The van der Waals surface area contributed by atoms with Gasteiger partial charge in [-0.2, -0.15) is 22.0 Å². The molecule has 9 heteroatoms. The van der Waals surface area contributed by atoms with Crippen molar-refractivity contribution in [3.05, 3.63) is 12.7 Å². The SMILES string of the molecule is C=CCCCCCCC(CCCCCCC(F)(F)C(F)(F)F)(C(=O)OC)C(=O)OC. The van der Waals surface area contributed by atoms with E-state index in [0.29, 0.717) is 19.3 Å². The molecule has 0 saturated carbocycles. The number of ether oxygens (including phenoxy) is 2. The highest BCUT2D eigenvalue weighted by molar-refractivity contribution is 5.99. The van der Waals surface area contributed by atoms with Gasteiger partial charge in [-0.05, 0) is 32.1 Å². The second kappa shape index (κ2) is 13.6. The number of alkyl halides is 5. The van der Waals surface area contributed by atoms with Crippen LogP contribution in [-0.4, -0.2) is 38.3 Å². The first-order chi connectivity index (χ1) is 14.0. The molecule has 0 rings (SSSR count). The summed E-state index contributed by atoms with van der Waals surface area (Å²) in [5.41, 5.74) is -1.49. The Morgan fingerprint density at radius 1 is 0.733 bits per heavy atom. The van der Waals surface area contributed by atoms with E-state index >= 15 is 0 Å². The Morgan fingerprint density at radius 3 is 1.50 bits per heavy atom. The zero-order valence-corrected chi connectivity index (χ0v) is 17.8. The molecule has 0 aliphatic rings. The summed E-state index contributed by atoms with van der Waals surface area (Å²) in [4.78, 5) is 24.8. The number of hydrogen-bond acceptors (Lipinski definition) is 4. The van der Waals surface area contributed by atoms with Gasteiger partial charge in [0.2, 0.25) is 0 Å². The first-order valence-electron chi connectivity index (χ1n) is 10.2. The number of halogens is 5. The number of methoxy groups -OCH3 is 2. The highest BCUT2D eigenvalue weighted by atomic mass is 19.4. The zero-order valence-electron chi connectivity index (χ0n) is 17.8. The number of carbonyl (C=O) groups excluding carboxylic acids is 2. The molecule has 0 bridgehead atoms. The van der Waals surface area contributed by atoms with Crippen molar-refractivity contribution in [2.45, 2.75) is 89.1 Å². The van der Waals surface area contributed by atoms with E-state index in [1.165, 1.54) is 14.2 Å². The third-order valence-electron chi connectivity index (χ3n) is 5.17. The Bertz CT molecular complexity index is 516. The highest BCUT2D eigenvalue weighted by Crippen LogP contribution is 2.39. The summed E-state index contributed by atoms with van der Waals surface area (Å²) >= 11 is 0. The van der Waals surface area contributed by atoms with Gasteiger partial charge < -0.3 is 9.47 Å². The average molecular weight is 444 g/mol. The molecule has 0 fully saturated rings. The third kappa shape index (κ3) is 9.00. The summed E-state index contributed by atoms with van der Waals surface area (Å²) in [5, 5.41) is 0. The lowest BCUT2D eigenvalue weighted by Gasteiger charge is -2.28. The normalized spacial score (nSPS) is 12.5. The second-order valence-corrected chi connectivity index (χ2v) is 7.42. The molecule has 0 aromatic rings. The molecule has 0 unspecified atom stereocenters. The van der Waals surface area contributed by atoms with E-state index in [1.807, 2.05) is 6.08 Å². The summed E-state index contributed by atoms with van der Waals surface area (Å²) in [6.07, 6.45) is -0.107. The van der Waals surface area contributed by atoms with Gasteiger partial charge in [-0.3, -0.25) is 9.59 Å². The van der Waals surface area contributed by atoms with Gasteiger partial charge in [0.25, 0.3) is 0 Å². The van der Waals surface area contributed by atoms with Gasteiger partial charge in [0.1, 0.15) is 0 Å². The van der Waals surface area contributed by atoms with Crippen LogP contribution in [0.25, 0.3) is 0 Å². The Kier molecular flexibility index (Phi) is 12.8. The molecule has 0 amide bonds. The van der Waals surface area contributed by atoms with Crippen molar-refractivity contribution in [2.75, 3.05) is 14.2 Å². The van der Waals surface area contributed by atoms with Gasteiger partial charge in [-0.15, -0.1) is 6.58 Å². The summed E-state index contributed by atoms with van der Waals surface area (Å²) in [6.45, 7) is 3.65. The fourth-order valence-corrected chi connectivity index (χ4v) is 3.35. The number of rotatable bonds is 16. The van der Waals surface area contributed by atoms with Gasteiger partial charge in [-0.1, -0.05) is 44.6 Å². The molecule has 0 aliphatic heterocycles. The van der Waals surface area contributed by atoms with Gasteiger partial charge >= 0.3 is 24.0 Å². The van der Waals surface area contributed by atoms with Crippen molar-refractivity contribution >= 4 is 11.9 Å². The molecule has 0 radical (unpaired) electrons. The minimum absolute atomic E-state index is 0.0919. The van der Waals surface area contributed by atoms with Gasteiger partial charge in [0, 0.05) is 6.42 Å². The van der Waals surface area contributed by atoms with Crippen LogP contribution < -0.4 is 0 Å². The predicted octanol–water partition coefficient (Wildman–Crippen LogP) is 6.38. The molecular weight excluding hydrogens is 411 g/mol. The molecule has 0 saturated heterocycles. The molecule has 0 aliphatic carbocycles. The zero-order chi connectivity index (χ0) is 23.3. The lowest BCUT2D eigenvalue weighted by atomic mass is 9.77. The van der Waals surface area contributed by atoms with Crippen molar-refractivity contribution in [1.29, 1.82) is 0 Å². The van der Waals surface area contributed by atoms with E-state index in [9.17, 15) is 31.5 Å². The quantitative estimate of drug-likeness (QED) is 0.0911. The molecule has 30 heavy (non-hydrogen) atoms. The van der Waals surface area contributed by atoms with Crippen LogP contribution in [0.1, 0.15) is 77.0 Å². The summed E-state index contributed by atoms with van der Waals surface area (Å²) in [6, 6.07) is 0. The van der Waals surface area contributed by atoms with Crippen molar-refractivity contribution in [3.8, 4) is 0 Å². The van der Waals surface area contributed by atoms with E-state index < -0.39 is 35.9 Å². The fourth-order valence-electron chi connectivity index (χ4n) is 3.35. The lowest BCUT2D eigenvalue weighted by Crippen LogP contribution is -2.41. The Hall–Kier alpha value is -1.67. The molecule has 0 atom stereocenters. The fraction of sp³-hybridized carbons (Fsp3) is 0.810. The highest BCUT2D eigenvalue weighted by Gasteiger charge is 2.56. The molecule has 0 aromatic heterocycles. The van der Waals surface area contributed by atoms with Gasteiger partial charge in [0.05, 0.1) is 14.2 Å². The van der Waals surface area contributed by atoms with Crippen LogP contribution in [0.5, 0.6) is 0 Å². The Morgan fingerprint density at radius 2 is 1.13 bits per heavy atom. The number of hydrogen-bond donors (Lipinski definition) is 0. The molecule has 176 valence electrons. The monoisotopic (exact) mass is 444 g/mol. The topological polar surface area (TPSA) is 52.6 Å². The van der Waals surface area contributed by atoms with Crippen molar-refractivity contribution in [2.24, 2.45) is 5.41 Å². The van der Waals surface area contributed by atoms with Crippen LogP contribution in [-0.2, 0) is 19.1 Å². The predicted molar refractivity (Wildman–Crippen MR) is 103 cm³/mol. The maximum absolute atomic E-state index is 12.9. The van der Waals surface area contributed by atoms with E-state index in [4.69, 9.17) is 9.47 Å². The molecular formula is C21H33F5O4. The maximum Gasteiger partial charge on any atom is 0.453 e. The maximum atomic E-state index is 12.9. The molecule has 4 nitrogen and oxygen atoms in total. The first-order valence-corrected chi connectivity index (χ1v) is 10.2. The molecule has 0 aromatic carbocycles. The minimum Gasteiger partial charge on any atom is -0.468 e. The van der Waals surface area contributed by atoms with Crippen LogP contribution in [0.2, 0.25) is 0 Å². The average Bonchev–Trinajstić information content (AvgIpc) is 2.69. The van der Waals surface area contributed by atoms with Crippen LogP contribution in [0.15, 0.2) is 12.7 Å².